The van der Waals surface area contributed by atoms with E-state index in [1.165, 1.54) is 30.2 Å². The number of ether oxygens (including phenoxy) is 1. The molecule has 0 radical (unpaired) electrons. The van der Waals surface area contributed by atoms with Crippen LogP contribution in [0.4, 0.5) is 4.39 Å². The van der Waals surface area contributed by atoms with E-state index in [1.54, 1.807) is 13.0 Å². The number of nitrogens with zero attached hydrogens (tertiary/aromatic N) is 1. The van der Waals surface area contributed by atoms with Gasteiger partial charge < -0.3 is 9.64 Å². The summed E-state index contributed by atoms with van der Waals surface area (Å²) in [4.78, 5) is 25.5. The van der Waals surface area contributed by atoms with E-state index in [0.29, 0.717) is 6.54 Å². The second-order valence-corrected chi connectivity index (χ2v) is 5.51. The number of hydrogen-bond acceptors (Lipinski definition) is 3. The Morgan fingerprint density at radius 1 is 1.19 bits per heavy atom. The van der Waals surface area contributed by atoms with Gasteiger partial charge in [-0.15, -0.1) is 0 Å². The molecule has 4 nitrogen and oxygen atoms in total. The molecule has 1 rings (SSSR count). The number of rotatable bonds is 6. The highest BCUT2D eigenvalue weighted by molar-refractivity contribution is 5.94. The minimum atomic E-state index is -0.554. The van der Waals surface area contributed by atoms with Crippen molar-refractivity contribution in [2.45, 2.75) is 20.8 Å². The fourth-order valence-corrected chi connectivity index (χ4v) is 2.09. The van der Waals surface area contributed by atoms with Gasteiger partial charge in [0.15, 0.2) is 0 Å². The van der Waals surface area contributed by atoms with E-state index in [1.807, 2.05) is 13.8 Å². The first-order chi connectivity index (χ1) is 9.86. The van der Waals surface area contributed by atoms with E-state index in [-0.39, 0.29) is 24.0 Å². The van der Waals surface area contributed by atoms with Crippen molar-refractivity contribution in [3.63, 3.8) is 0 Å². The molecule has 0 bridgehead atoms. The maximum Gasteiger partial charge on any atom is 0.310 e. The smallest absolute Gasteiger partial charge is 0.310 e. The second-order valence-electron chi connectivity index (χ2n) is 5.51. The molecule has 0 spiro atoms. The Balaban J connectivity index is 2.94. The quantitative estimate of drug-likeness (QED) is 0.758. The van der Waals surface area contributed by atoms with Crippen molar-refractivity contribution in [2.75, 3.05) is 20.2 Å². The molecule has 0 saturated carbocycles. The average Bonchev–Trinajstić information content (AvgIpc) is 2.44. The van der Waals surface area contributed by atoms with Gasteiger partial charge >= 0.3 is 5.97 Å². The molecule has 0 saturated heterocycles. The molecule has 1 atom stereocenters. The highest BCUT2D eigenvalue weighted by Crippen LogP contribution is 2.14. The van der Waals surface area contributed by atoms with Crippen molar-refractivity contribution in [3.8, 4) is 0 Å². The van der Waals surface area contributed by atoms with Crippen molar-refractivity contribution in [3.05, 3.63) is 35.6 Å². The molecule has 0 aliphatic carbocycles. The first kappa shape index (κ1) is 17.1. The summed E-state index contributed by atoms with van der Waals surface area (Å²) in [6.45, 7) is 6.27. The molecule has 0 aliphatic heterocycles. The average molecular weight is 295 g/mol. The molecule has 0 aliphatic rings. The van der Waals surface area contributed by atoms with E-state index in [0.717, 1.165) is 0 Å². The number of methoxy groups -OCH3 is 1. The highest BCUT2D eigenvalue weighted by atomic mass is 19.1. The summed E-state index contributed by atoms with van der Waals surface area (Å²) in [5.74, 6) is -1.58. The lowest BCUT2D eigenvalue weighted by Gasteiger charge is -2.27. The van der Waals surface area contributed by atoms with Crippen molar-refractivity contribution in [1.82, 2.24) is 4.90 Å². The fourth-order valence-electron chi connectivity index (χ4n) is 2.09. The SMILES string of the molecule is COC(=O)C(C)CN(CC(C)C)C(=O)c1ccccc1F. The van der Waals surface area contributed by atoms with Gasteiger partial charge in [0.25, 0.3) is 5.91 Å². The van der Waals surface area contributed by atoms with Crippen LogP contribution in [0.1, 0.15) is 31.1 Å². The zero-order valence-corrected chi connectivity index (χ0v) is 12.9. The normalized spacial score (nSPS) is 12.1. The fraction of sp³-hybridized carbons (Fsp3) is 0.500. The Kier molecular flexibility index (Phi) is 6.34. The molecule has 116 valence electrons. The molecule has 5 heteroatoms. The Hall–Kier alpha value is -1.91. The Bertz CT molecular complexity index is 502. The minimum Gasteiger partial charge on any atom is -0.469 e. The molecule has 1 aromatic carbocycles. The van der Waals surface area contributed by atoms with Crippen LogP contribution in [0.2, 0.25) is 0 Å². The maximum atomic E-state index is 13.8. The van der Waals surface area contributed by atoms with E-state index >= 15 is 0 Å². The maximum absolute atomic E-state index is 13.8. The first-order valence-corrected chi connectivity index (χ1v) is 6.98. The Labute approximate surface area is 124 Å². The predicted molar refractivity (Wildman–Crippen MR) is 78.3 cm³/mol. The van der Waals surface area contributed by atoms with Gasteiger partial charge in [0.1, 0.15) is 5.82 Å². The number of carbonyl (C=O) groups is 2. The summed E-state index contributed by atoms with van der Waals surface area (Å²) in [7, 11) is 1.31. The van der Waals surface area contributed by atoms with Gasteiger partial charge in [0, 0.05) is 13.1 Å². The van der Waals surface area contributed by atoms with Crippen LogP contribution in [0.5, 0.6) is 0 Å². The van der Waals surface area contributed by atoms with Crippen molar-refractivity contribution in [1.29, 1.82) is 0 Å². The number of hydrogen-bond donors (Lipinski definition) is 0. The van der Waals surface area contributed by atoms with Crippen LogP contribution in [0.3, 0.4) is 0 Å². The molecular weight excluding hydrogens is 273 g/mol. The van der Waals surface area contributed by atoms with Gasteiger partial charge in [-0.05, 0) is 18.1 Å². The van der Waals surface area contributed by atoms with Crippen LogP contribution in [0, 0.1) is 17.7 Å². The van der Waals surface area contributed by atoms with Crippen LogP contribution >= 0.6 is 0 Å². The van der Waals surface area contributed by atoms with Crippen molar-refractivity contribution < 1.29 is 18.7 Å². The third-order valence-electron chi connectivity index (χ3n) is 3.07. The summed E-state index contributed by atoms with van der Waals surface area (Å²) in [5.41, 5.74) is 0.0233. The van der Waals surface area contributed by atoms with Crippen LogP contribution in [0.15, 0.2) is 24.3 Å². The number of carbonyl (C=O) groups excluding carboxylic acids is 2. The lowest BCUT2D eigenvalue weighted by atomic mass is 10.1. The van der Waals surface area contributed by atoms with Crippen molar-refractivity contribution in [2.24, 2.45) is 11.8 Å². The van der Waals surface area contributed by atoms with Crippen LogP contribution in [-0.2, 0) is 9.53 Å². The number of halogens is 1. The summed E-state index contributed by atoms with van der Waals surface area (Å²) in [6, 6.07) is 5.86. The lowest BCUT2D eigenvalue weighted by molar-refractivity contribution is -0.145. The van der Waals surface area contributed by atoms with E-state index < -0.39 is 17.6 Å². The summed E-state index contributed by atoms with van der Waals surface area (Å²) < 4.78 is 18.4. The van der Waals surface area contributed by atoms with Gasteiger partial charge in [-0.25, -0.2) is 4.39 Å². The molecule has 0 N–H and O–H groups in total. The summed E-state index contributed by atoms with van der Waals surface area (Å²) >= 11 is 0. The van der Waals surface area contributed by atoms with E-state index in [2.05, 4.69) is 4.74 Å². The summed E-state index contributed by atoms with van der Waals surface area (Å²) in [6.07, 6.45) is 0. The number of amides is 1. The zero-order valence-electron chi connectivity index (χ0n) is 12.9. The van der Waals surface area contributed by atoms with E-state index in [4.69, 9.17) is 0 Å². The van der Waals surface area contributed by atoms with Gasteiger partial charge in [-0.2, -0.15) is 0 Å². The number of esters is 1. The monoisotopic (exact) mass is 295 g/mol. The second kappa shape index (κ2) is 7.76. The third kappa shape index (κ3) is 4.85. The zero-order chi connectivity index (χ0) is 16.0. The highest BCUT2D eigenvalue weighted by Gasteiger charge is 2.24. The van der Waals surface area contributed by atoms with Crippen molar-refractivity contribution >= 4 is 11.9 Å². The van der Waals surface area contributed by atoms with Crippen LogP contribution in [-0.4, -0.2) is 37.0 Å². The largest absolute Gasteiger partial charge is 0.469 e. The summed E-state index contributed by atoms with van der Waals surface area (Å²) in [5, 5.41) is 0. The van der Waals surface area contributed by atoms with Crippen LogP contribution < -0.4 is 0 Å². The molecule has 0 fully saturated rings. The molecular formula is C16H22FNO3. The molecule has 1 aromatic rings. The molecule has 21 heavy (non-hydrogen) atoms. The topological polar surface area (TPSA) is 46.6 Å². The minimum absolute atomic E-state index is 0.0233. The molecule has 1 unspecified atom stereocenters. The molecule has 0 aromatic heterocycles. The number of benzene rings is 1. The van der Waals surface area contributed by atoms with E-state index in [9.17, 15) is 14.0 Å². The Morgan fingerprint density at radius 2 is 1.81 bits per heavy atom. The third-order valence-corrected chi connectivity index (χ3v) is 3.07. The Morgan fingerprint density at radius 3 is 2.33 bits per heavy atom. The van der Waals surface area contributed by atoms with Gasteiger partial charge in [-0.3, -0.25) is 9.59 Å². The lowest BCUT2D eigenvalue weighted by Crippen LogP contribution is -2.39. The molecule has 0 heterocycles. The van der Waals surface area contributed by atoms with Gasteiger partial charge in [-0.1, -0.05) is 32.9 Å². The van der Waals surface area contributed by atoms with Gasteiger partial charge in [0.05, 0.1) is 18.6 Å². The molecule has 1 amide bonds. The predicted octanol–water partition coefficient (Wildman–Crippen LogP) is 2.73. The standard InChI is InChI=1S/C16H22FNO3/c1-11(2)9-18(10-12(3)16(20)21-4)15(19)13-7-5-6-8-14(13)17/h5-8,11-12H,9-10H2,1-4H3. The van der Waals surface area contributed by atoms with Crippen LogP contribution in [0.25, 0.3) is 0 Å². The first-order valence-electron chi connectivity index (χ1n) is 6.98. The van der Waals surface area contributed by atoms with Gasteiger partial charge in [0.2, 0.25) is 0 Å².